The molecule has 1 aromatic heterocycles. The number of epoxide rings is 1. The normalized spacial score (nSPS) is 40.4. The Balaban J connectivity index is 1.76. The van der Waals surface area contributed by atoms with Gasteiger partial charge in [-0.1, -0.05) is 4.85 Å². The molecule has 1 aromatic rings. The van der Waals surface area contributed by atoms with E-state index in [2.05, 4.69) is 18.9 Å². The number of rotatable bonds is 1. The van der Waals surface area contributed by atoms with Crippen molar-refractivity contribution in [3.8, 4) is 0 Å². The van der Waals surface area contributed by atoms with Gasteiger partial charge >= 0.3 is 0 Å². The molecule has 4 nitrogen and oxygen atoms in total. The summed E-state index contributed by atoms with van der Waals surface area (Å²) >= 11 is 0. The first-order valence-corrected chi connectivity index (χ1v) is 6.35. The van der Waals surface area contributed by atoms with E-state index in [-0.39, 0.29) is 5.60 Å². The summed E-state index contributed by atoms with van der Waals surface area (Å²) in [5.74, 6) is 1.66. The summed E-state index contributed by atoms with van der Waals surface area (Å²) in [6.45, 7) is 4.32. The fraction of sp³-hybridized carbons (Fsp3) is 0.692. The van der Waals surface area contributed by atoms with E-state index in [0.717, 1.165) is 0 Å². The number of ether oxygens (including phenoxy) is 1. The number of fused-ring (bicyclic) bond motifs is 5. The van der Waals surface area contributed by atoms with E-state index in [9.17, 15) is 5.21 Å². The zero-order valence-corrected chi connectivity index (χ0v) is 10.1. The summed E-state index contributed by atoms with van der Waals surface area (Å²) in [6.07, 6.45) is 6.23. The Bertz CT molecular complexity index is 500. The Hall–Kier alpha value is -1.16. The van der Waals surface area contributed by atoms with Crippen LogP contribution in [-0.4, -0.2) is 16.8 Å². The molecule has 2 heterocycles. The first-order valence-electron chi connectivity index (χ1n) is 6.35. The van der Waals surface area contributed by atoms with Crippen molar-refractivity contribution >= 4 is 0 Å². The van der Waals surface area contributed by atoms with Crippen molar-refractivity contribution in [3.05, 3.63) is 28.7 Å². The molecule has 90 valence electrons. The fourth-order valence-corrected chi connectivity index (χ4v) is 4.05. The monoisotopic (exact) mass is 232 g/mol. The van der Waals surface area contributed by atoms with Gasteiger partial charge in [0, 0.05) is 16.6 Å². The molecule has 1 saturated heterocycles. The van der Waals surface area contributed by atoms with Crippen LogP contribution in [0.2, 0.25) is 0 Å². The maximum Gasteiger partial charge on any atom is 0.213 e. The highest BCUT2D eigenvalue weighted by molar-refractivity contribution is 5.40. The lowest BCUT2D eigenvalue weighted by molar-refractivity contribution is -0.669. The topological polar surface area (TPSA) is 52.4 Å². The van der Waals surface area contributed by atoms with Crippen LogP contribution in [-0.2, 0) is 4.74 Å². The van der Waals surface area contributed by atoms with Crippen LogP contribution in [0.1, 0.15) is 49.7 Å². The summed E-state index contributed by atoms with van der Waals surface area (Å²) in [6, 6.07) is 0. The predicted octanol–water partition coefficient (Wildman–Crippen LogP) is 1.48. The van der Waals surface area contributed by atoms with E-state index in [1.807, 2.05) is 0 Å². The molecule has 17 heavy (non-hydrogen) atoms. The van der Waals surface area contributed by atoms with Crippen molar-refractivity contribution in [3.63, 3.8) is 0 Å². The molecule has 2 unspecified atom stereocenters. The summed E-state index contributed by atoms with van der Waals surface area (Å²) in [4.78, 5) is 0.690. The average Bonchev–Trinajstić information content (AvgIpc) is 2.69. The van der Waals surface area contributed by atoms with Gasteiger partial charge in [0.15, 0.2) is 0 Å². The molecule has 0 aromatic carbocycles. The van der Waals surface area contributed by atoms with Crippen LogP contribution in [0.5, 0.6) is 0 Å². The molecule has 4 rings (SSSR count). The first-order chi connectivity index (χ1) is 8.08. The molecule has 2 bridgehead atoms. The molecule has 1 aliphatic heterocycles. The molecule has 0 amide bonds. The Kier molecular flexibility index (Phi) is 1.62. The third-order valence-corrected chi connectivity index (χ3v) is 4.82. The van der Waals surface area contributed by atoms with Gasteiger partial charge in [-0.25, -0.2) is 0 Å². The van der Waals surface area contributed by atoms with E-state index >= 15 is 0 Å². The minimum atomic E-state index is 0.0361. The number of hydrogen-bond donors (Lipinski definition) is 0. The minimum absolute atomic E-state index is 0.0361. The van der Waals surface area contributed by atoms with Crippen molar-refractivity contribution < 1.29 is 9.58 Å². The second-order valence-corrected chi connectivity index (χ2v) is 6.10. The van der Waals surface area contributed by atoms with Gasteiger partial charge in [-0.15, -0.1) is 0 Å². The van der Waals surface area contributed by atoms with Crippen molar-refractivity contribution in [1.29, 1.82) is 0 Å². The molecule has 4 heteroatoms. The highest BCUT2D eigenvalue weighted by atomic mass is 16.6. The average molecular weight is 232 g/mol. The lowest BCUT2D eigenvalue weighted by Gasteiger charge is -2.13. The zero-order chi connectivity index (χ0) is 11.8. The van der Waals surface area contributed by atoms with Crippen molar-refractivity contribution in [2.75, 3.05) is 0 Å². The van der Waals surface area contributed by atoms with E-state index in [4.69, 9.17) is 4.74 Å². The quantitative estimate of drug-likeness (QED) is 0.418. The van der Waals surface area contributed by atoms with E-state index in [0.29, 0.717) is 28.7 Å². The largest absolute Gasteiger partial charge is 0.594 e. The fourth-order valence-electron chi connectivity index (χ4n) is 4.05. The summed E-state index contributed by atoms with van der Waals surface area (Å²) in [5.41, 5.74) is 2.56. The molecule has 0 radical (unpaired) electrons. The molecule has 2 fully saturated rings. The van der Waals surface area contributed by atoms with Crippen molar-refractivity contribution in [2.24, 2.45) is 5.92 Å². The van der Waals surface area contributed by atoms with Crippen LogP contribution in [0.3, 0.4) is 0 Å². The maximum absolute atomic E-state index is 11.3. The minimum Gasteiger partial charge on any atom is -0.594 e. The second kappa shape index (κ2) is 2.80. The second-order valence-electron chi connectivity index (χ2n) is 6.10. The van der Waals surface area contributed by atoms with Gasteiger partial charge < -0.3 is 9.94 Å². The number of nitrogens with zero attached hydrogens (tertiary/aromatic N) is 2. The van der Waals surface area contributed by atoms with Crippen LogP contribution < -0.4 is 4.85 Å². The Morgan fingerprint density at radius 2 is 2.00 bits per heavy atom. The van der Waals surface area contributed by atoms with Gasteiger partial charge in [0.05, 0.1) is 17.9 Å². The van der Waals surface area contributed by atoms with Gasteiger partial charge in [-0.3, -0.25) is 0 Å². The maximum atomic E-state index is 11.3. The smallest absolute Gasteiger partial charge is 0.213 e. The molecular formula is C13H16N2O2. The van der Waals surface area contributed by atoms with E-state index in [1.54, 1.807) is 12.4 Å². The Labute approximate surface area is 100 Å². The highest BCUT2D eigenvalue weighted by Gasteiger charge is 2.61. The standard InChI is InChI=1S/C13H16N2O2/c1-13(2)12(17-13)11-7-3-4-8(11)10-6-15(16)14-5-9(7)10/h5-8,11-12H,3-4H2,1-2H3/t7-,8+,11?,12?/m1/s1. The van der Waals surface area contributed by atoms with Gasteiger partial charge in [0.25, 0.3) is 0 Å². The molecule has 0 N–H and O–H groups in total. The van der Waals surface area contributed by atoms with Gasteiger partial charge in [-0.05, 0) is 44.1 Å². The van der Waals surface area contributed by atoms with Crippen LogP contribution in [0.4, 0.5) is 0 Å². The van der Waals surface area contributed by atoms with Crippen LogP contribution in [0.15, 0.2) is 12.4 Å². The molecule has 4 atom stereocenters. The highest BCUT2D eigenvalue weighted by Crippen LogP contribution is 2.63. The van der Waals surface area contributed by atoms with Crippen LogP contribution in [0.25, 0.3) is 0 Å². The number of aromatic nitrogens is 2. The predicted molar refractivity (Wildman–Crippen MR) is 60.4 cm³/mol. The lowest BCUT2D eigenvalue weighted by Crippen LogP contribution is -2.31. The third kappa shape index (κ3) is 1.16. The molecule has 1 saturated carbocycles. The van der Waals surface area contributed by atoms with E-state index < -0.39 is 0 Å². The first kappa shape index (κ1) is 9.83. The van der Waals surface area contributed by atoms with Crippen molar-refractivity contribution in [1.82, 2.24) is 5.10 Å². The number of hydrogen-bond acceptors (Lipinski definition) is 3. The Morgan fingerprint density at radius 1 is 1.35 bits per heavy atom. The lowest BCUT2D eigenvalue weighted by atomic mass is 9.87. The summed E-state index contributed by atoms with van der Waals surface area (Å²) < 4.78 is 5.83. The van der Waals surface area contributed by atoms with Gasteiger partial charge in [-0.2, -0.15) is 0 Å². The van der Waals surface area contributed by atoms with Gasteiger partial charge in [0.2, 0.25) is 6.20 Å². The SMILES string of the molecule is CC1(C)OC1C1[C@@H]2CC[C@H]1c1c[n+]([O-])ncc12. The van der Waals surface area contributed by atoms with Gasteiger partial charge in [0.1, 0.15) is 0 Å². The third-order valence-electron chi connectivity index (χ3n) is 4.82. The van der Waals surface area contributed by atoms with Crippen LogP contribution in [0, 0.1) is 11.1 Å². The molecule has 0 spiro atoms. The van der Waals surface area contributed by atoms with Crippen LogP contribution >= 0.6 is 0 Å². The molecular weight excluding hydrogens is 216 g/mol. The summed E-state index contributed by atoms with van der Waals surface area (Å²) in [5, 5.41) is 15.1. The summed E-state index contributed by atoms with van der Waals surface area (Å²) in [7, 11) is 0. The molecule has 3 aliphatic rings. The zero-order valence-electron chi connectivity index (χ0n) is 10.1. The molecule has 2 aliphatic carbocycles. The van der Waals surface area contributed by atoms with Crippen molar-refractivity contribution in [2.45, 2.75) is 50.2 Å². The Morgan fingerprint density at radius 3 is 2.65 bits per heavy atom. The van der Waals surface area contributed by atoms with E-state index in [1.165, 1.54) is 24.0 Å².